The quantitative estimate of drug-likeness (QED) is 0.0811. The van der Waals surface area contributed by atoms with Crippen molar-refractivity contribution in [2.45, 2.75) is 104 Å². The predicted molar refractivity (Wildman–Crippen MR) is 205 cm³/mol. The molecular weight excluding hydrogens is 848 g/mol. The molecule has 0 aliphatic carbocycles. The van der Waals surface area contributed by atoms with Crippen LogP contribution < -0.4 is 28.4 Å². The van der Waals surface area contributed by atoms with Gasteiger partial charge in [0.2, 0.25) is 24.1 Å². The van der Waals surface area contributed by atoms with Crippen molar-refractivity contribution < 1.29 is 113 Å². The Bertz CT molecular complexity index is 1780. The maximum absolute atomic E-state index is 10.9. The van der Waals surface area contributed by atoms with Gasteiger partial charge in [0.05, 0.1) is 73.7 Å². The SMILES string of the molecule is COc1cc(C2OCC3C(c4cc(OC)c(OC5OC(COC6OC(CO)C(O)C(O)C6O)C(O)C(O)C5O)c(OC)c4)OCC23)cc(OC)c1OC1OC(CO)C(O)C(O)C1O. The van der Waals surface area contributed by atoms with E-state index in [-0.39, 0.29) is 59.5 Å². The summed E-state index contributed by atoms with van der Waals surface area (Å²) in [4.78, 5) is 0. The molecule has 5 heterocycles. The summed E-state index contributed by atoms with van der Waals surface area (Å²) in [6.45, 7) is -1.37. The van der Waals surface area contributed by atoms with Crippen LogP contribution in [0.15, 0.2) is 24.3 Å². The monoisotopic (exact) mass is 904 g/mol. The summed E-state index contributed by atoms with van der Waals surface area (Å²) in [7, 11) is 5.54. The van der Waals surface area contributed by atoms with Crippen molar-refractivity contribution in [3.8, 4) is 34.5 Å². The molecule has 23 heteroatoms. The number of rotatable bonds is 15. The van der Waals surface area contributed by atoms with E-state index in [1.807, 2.05) is 0 Å². The summed E-state index contributed by atoms with van der Waals surface area (Å²) >= 11 is 0. The fraction of sp³-hybridized carbons (Fsp3) is 0.700. The third-order valence-corrected chi connectivity index (χ3v) is 12.1. The van der Waals surface area contributed by atoms with E-state index in [4.69, 9.17) is 56.8 Å². The van der Waals surface area contributed by atoms with Gasteiger partial charge in [0.15, 0.2) is 29.3 Å². The first-order chi connectivity index (χ1) is 30.2. The Morgan fingerprint density at radius 3 is 1.16 bits per heavy atom. The van der Waals surface area contributed by atoms with Gasteiger partial charge < -0.3 is 113 Å². The molecule has 5 fully saturated rings. The van der Waals surface area contributed by atoms with Crippen LogP contribution in [-0.2, 0) is 28.4 Å². The highest BCUT2D eigenvalue weighted by molar-refractivity contribution is 5.56. The van der Waals surface area contributed by atoms with E-state index in [1.54, 1.807) is 24.3 Å². The Hall–Kier alpha value is -3.44. The third-order valence-electron chi connectivity index (χ3n) is 12.1. The molecule has 19 atom stereocenters. The summed E-state index contributed by atoms with van der Waals surface area (Å²) in [6, 6.07) is 6.64. The zero-order valence-corrected chi connectivity index (χ0v) is 34.6. The molecule has 7 rings (SSSR count). The highest BCUT2D eigenvalue weighted by atomic mass is 16.7. The summed E-state index contributed by atoms with van der Waals surface area (Å²) < 4.78 is 69.6. The van der Waals surface area contributed by atoms with E-state index in [2.05, 4.69) is 0 Å². The van der Waals surface area contributed by atoms with Gasteiger partial charge in [-0.1, -0.05) is 0 Å². The lowest BCUT2D eigenvalue weighted by atomic mass is 9.84. The van der Waals surface area contributed by atoms with E-state index in [9.17, 15) is 56.2 Å². The zero-order chi connectivity index (χ0) is 45.4. The number of ether oxygens (including phenoxy) is 12. The second kappa shape index (κ2) is 20.0. The van der Waals surface area contributed by atoms with Gasteiger partial charge in [-0.3, -0.25) is 0 Å². The van der Waals surface area contributed by atoms with Crippen molar-refractivity contribution >= 4 is 0 Å². The summed E-state index contributed by atoms with van der Waals surface area (Å²) in [5, 5.41) is 113. The van der Waals surface area contributed by atoms with Crippen LogP contribution in [0, 0.1) is 11.8 Å². The number of benzene rings is 2. The van der Waals surface area contributed by atoms with Crippen LogP contribution >= 0.6 is 0 Å². The highest BCUT2D eigenvalue weighted by Gasteiger charge is 2.51. The average molecular weight is 905 g/mol. The Morgan fingerprint density at radius 1 is 0.460 bits per heavy atom. The predicted octanol–water partition coefficient (Wildman–Crippen LogP) is -4.02. The maximum Gasteiger partial charge on any atom is 0.229 e. The zero-order valence-electron chi connectivity index (χ0n) is 34.6. The van der Waals surface area contributed by atoms with Crippen molar-refractivity contribution in [1.82, 2.24) is 0 Å². The Kier molecular flexibility index (Phi) is 15.1. The smallest absolute Gasteiger partial charge is 0.229 e. The summed E-state index contributed by atoms with van der Waals surface area (Å²) in [5.74, 6) is 0.219. The molecule has 0 spiro atoms. The minimum atomic E-state index is -1.81. The highest BCUT2D eigenvalue weighted by Crippen LogP contribution is 2.54. The fourth-order valence-electron chi connectivity index (χ4n) is 8.54. The lowest BCUT2D eigenvalue weighted by Crippen LogP contribution is -2.62. The molecule has 19 unspecified atom stereocenters. The minimum Gasteiger partial charge on any atom is -0.493 e. The molecule has 2 aromatic carbocycles. The van der Waals surface area contributed by atoms with Crippen LogP contribution in [0.5, 0.6) is 34.5 Å². The van der Waals surface area contributed by atoms with Gasteiger partial charge >= 0.3 is 0 Å². The average Bonchev–Trinajstić information content (AvgIpc) is 3.91. The first-order valence-corrected chi connectivity index (χ1v) is 20.2. The maximum atomic E-state index is 10.9. The van der Waals surface area contributed by atoms with Gasteiger partial charge in [-0.05, 0) is 35.4 Å². The molecule has 11 N–H and O–H groups in total. The van der Waals surface area contributed by atoms with Crippen LogP contribution in [0.2, 0.25) is 0 Å². The van der Waals surface area contributed by atoms with Gasteiger partial charge in [0, 0.05) is 11.8 Å². The molecule has 0 aromatic heterocycles. The van der Waals surface area contributed by atoms with Gasteiger partial charge in [0.25, 0.3) is 0 Å². The van der Waals surface area contributed by atoms with E-state index in [0.717, 1.165) is 0 Å². The molecular formula is C40H56O23. The number of fused-ring (bicyclic) bond motifs is 1. The third kappa shape index (κ3) is 9.09. The van der Waals surface area contributed by atoms with Crippen LogP contribution in [0.1, 0.15) is 23.3 Å². The van der Waals surface area contributed by atoms with E-state index < -0.39 is 124 Å². The Morgan fingerprint density at radius 2 is 0.794 bits per heavy atom. The number of aliphatic hydroxyl groups is 11. The standard InChI is InChI=1S/C40H56O23/c1-52-18-5-14(6-19(53-2)36(18)62-39-32(50)29(47)26(44)23(10-42)60-39)34-16-11-57-35(17(16)12-56-34)15-7-20(54-3)37(21(8-15)55-4)63-40-33(51)30(48)27(45)24(61-40)13-58-38-31(49)28(46)25(43)22(9-41)59-38/h5-8,16-17,22-35,38-51H,9-13H2,1-4H3. The van der Waals surface area contributed by atoms with Gasteiger partial charge in [-0.25, -0.2) is 0 Å². The number of aliphatic hydroxyl groups excluding tert-OH is 11. The van der Waals surface area contributed by atoms with Gasteiger partial charge in [0.1, 0.15) is 73.2 Å². The van der Waals surface area contributed by atoms with Gasteiger partial charge in [-0.15, -0.1) is 0 Å². The van der Waals surface area contributed by atoms with Crippen LogP contribution in [0.25, 0.3) is 0 Å². The molecule has 63 heavy (non-hydrogen) atoms. The van der Waals surface area contributed by atoms with Crippen molar-refractivity contribution in [3.63, 3.8) is 0 Å². The minimum absolute atomic E-state index is 0.0263. The summed E-state index contributed by atoms with van der Waals surface area (Å²) in [5.41, 5.74) is 1.27. The van der Waals surface area contributed by atoms with Crippen molar-refractivity contribution in [1.29, 1.82) is 0 Å². The molecule has 0 bridgehead atoms. The van der Waals surface area contributed by atoms with E-state index >= 15 is 0 Å². The topological polar surface area (TPSA) is 333 Å². The van der Waals surface area contributed by atoms with Gasteiger partial charge in [-0.2, -0.15) is 0 Å². The molecule has 23 nitrogen and oxygen atoms in total. The van der Waals surface area contributed by atoms with Crippen LogP contribution in [-0.4, -0.2) is 210 Å². The molecule has 2 aromatic rings. The first kappa shape index (κ1) is 47.5. The van der Waals surface area contributed by atoms with E-state index in [1.165, 1.54) is 28.4 Å². The Labute approximate surface area is 360 Å². The number of hydrogen-bond donors (Lipinski definition) is 11. The van der Waals surface area contributed by atoms with E-state index in [0.29, 0.717) is 11.1 Å². The molecule has 5 saturated heterocycles. The van der Waals surface area contributed by atoms with Crippen molar-refractivity contribution in [2.24, 2.45) is 11.8 Å². The number of hydrogen-bond acceptors (Lipinski definition) is 23. The molecule has 0 amide bonds. The first-order valence-electron chi connectivity index (χ1n) is 20.2. The molecule has 5 aliphatic heterocycles. The summed E-state index contributed by atoms with van der Waals surface area (Å²) in [6.07, 6.45) is -24.9. The Balaban J connectivity index is 1.06. The lowest BCUT2D eigenvalue weighted by molar-refractivity contribution is -0.323. The second-order valence-electron chi connectivity index (χ2n) is 15.8. The van der Waals surface area contributed by atoms with Crippen LogP contribution in [0.4, 0.5) is 0 Å². The largest absolute Gasteiger partial charge is 0.493 e. The molecule has 354 valence electrons. The molecule has 0 saturated carbocycles. The molecule has 5 aliphatic rings. The lowest BCUT2D eigenvalue weighted by Gasteiger charge is -2.42. The van der Waals surface area contributed by atoms with Crippen molar-refractivity contribution in [3.05, 3.63) is 35.4 Å². The van der Waals surface area contributed by atoms with Crippen molar-refractivity contribution in [2.75, 3.05) is 61.5 Å². The normalized spacial score (nSPS) is 40.3. The fourth-order valence-corrected chi connectivity index (χ4v) is 8.54. The van der Waals surface area contributed by atoms with Crippen LogP contribution in [0.3, 0.4) is 0 Å². The second-order valence-corrected chi connectivity index (χ2v) is 15.8. The number of methoxy groups -OCH3 is 4. The molecule has 0 radical (unpaired) electrons.